The van der Waals surface area contributed by atoms with Crippen LogP contribution < -0.4 is 0 Å². The highest BCUT2D eigenvalue weighted by Gasteiger charge is 2.05. The van der Waals surface area contributed by atoms with Crippen LogP contribution in [-0.2, 0) is 4.79 Å². The monoisotopic (exact) mass is 199 g/mol. The Morgan fingerprint density at radius 2 is 2.27 bits per heavy atom. The summed E-state index contributed by atoms with van der Waals surface area (Å²) in [6.45, 7) is 2.05. The van der Waals surface area contributed by atoms with E-state index in [0.717, 1.165) is 17.2 Å². The van der Waals surface area contributed by atoms with Gasteiger partial charge in [-0.15, -0.1) is 0 Å². The first-order valence-electron chi connectivity index (χ1n) is 5.09. The topological polar surface area (TPSA) is 30.0 Å². The van der Waals surface area contributed by atoms with E-state index in [0.29, 0.717) is 6.42 Å². The highest BCUT2D eigenvalue weighted by atomic mass is 16.1. The molecule has 1 aromatic carbocycles. The van der Waals surface area contributed by atoms with E-state index in [1.807, 2.05) is 12.1 Å². The Labute approximate surface area is 89.0 Å². The SMILES string of the molecule is C[C@@H](CC=O)c1ccc2cccnc2c1. The summed E-state index contributed by atoms with van der Waals surface area (Å²) in [5.74, 6) is 0.272. The van der Waals surface area contributed by atoms with E-state index in [9.17, 15) is 4.79 Å². The number of benzene rings is 1. The molecular weight excluding hydrogens is 186 g/mol. The van der Waals surface area contributed by atoms with Crippen LogP contribution in [0.1, 0.15) is 24.8 Å². The number of hydrogen-bond donors (Lipinski definition) is 0. The molecule has 15 heavy (non-hydrogen) atoms. The minimum absolute atomic E-state index is 0.272. The normalized spacial score (nSPS) is 12.6. The average Bonchev–Trinajstić information content (AvgIpc) is 2.29. The van der Waals surface area contributed by atoms with Crippen molar-refractivity contribution in [1.82, 2.24) is 4.98 Å². The zero-order valence-electron chi connectivity index (χ0n) is 8.68. The fourth-order valence-electron chi connectivity index (χ4n) is 1.67. The Kier molecular flexibility index (Phi) is 2.77. The van der Waals surface area contributed by atoms with Gasteiger partial charge in [-0.3, -0.25) is 4.98 Å². The third kappa shape index (κ3) is 2.04. The third-order valence-corrected chi connectivity index (χ3v) is 2.65. The second-order valence-electron chi connectivity index (χ2n) is 3.76. The van der Waals surface area contributed by atoms with E-state index < -0.39 is 0 Å². The Hall–Kier alpha value is -1.70. The third-order valence-electron chi connectivity index (χ3n) is 2.65. The maximum Gasteiger partial charge on any atom is 0.120 e. The van der Waals surface area contributed by atoms with Crippen LogP contribution in [0.3, 0.4) is 0 Å². The lowest BCUT2D eigenvalue weighted by molar-refractivity contribution is -0.108. The molecule has 76 valence electrons. The lowest BCUT2D eigenvalue weighted by Crippen LogP contribution is -1.94. The lowest BCUT2D eigenvalue weighted by atomic mass is 9.97. The van der Waals surface area contributed by atoms with Crippen molar-refractivity contribution in [1.29, 1.82) is 0 Å². The van der Waals surface area contributed by atoms with E-state index in [1.165, 1.54) is 5.56 Å². The zero-order chi connectivity index (χ0) is 10.7. The molecule has 0 unspecified atom stereocenters. The van der Waals surface area contributed by atoms with Crippen molar-refractivity contribution in [2.45, 2.75) is 19.3 Å². The van der Waals surface area contributed by atoms with Gasteiger partial charge < -0.3 is 4.79 Å². The van der Waals surface area contributed by atoms with Crippen LogP contribution in [0.2, 0.25) is 0 Å². The standard InChI is InChI=1S/C13H13NO/c1-10(6-8-15)12-5-4-11-3-2-7-14-13(11)9-12/h2-5,7-10H,6H2,1H3/t10-/m0/s1. The van der Waals surface area contributed by atoms with E-state index >= 15 is 0 Å². The Morgan fingerprint density at radius 3 is 3.07 bits per heavy atom. The summed E-state index contributed by atoms with van der Waals surface area (Å²) >= 11 is 0. The molecule has 0 amide bonds. The molecular formula is C13H13NO. The molecule has 1 heterocycles. The first kappa shape index (κ1) is 9.84. The van der Waals surface area contributed by atoms with Gasteiger partial charge in [-0.1, -0.05) is 25.1 Å². The van der Waals surface area contributed by atoms with Crippen molar-refractivity contribution < 1.29 is 4.79 Å². The minimum Gasteiger partial charge on any atom is -0.303 e. The van der Waals surface area contributed by atoms with Crippen LogP contribution in [0.25, 0.3) is 10.9 Å². The molecule has 1 aromatic heterocycles. The average molecular weight is 199 g/mol. The van der Waals surface area contributed by atoms with E-state index in [4.69, 9.17) is 0 Å². The van der Waals surface area contributed by atoms with Crippen LogP contribution in [0.15, 0.2) is 36.5 Å². The summed E-state index contributed by atoms with van der Waals surface area (Å²) in [6, 6.07) is 10.1. The summed E-state index contributed by atoms with van der Waals surface area (Å²) < 4.78 is 0. The molecule has 0 aliphatic heterocycles. The second kappa shape index (κ2) is 4.22. The summed E-state index contributed by atoms with van der Waals surface area (Å²) in [7, 11) is 0. The maximum atomic E-state index is 10.4. The lowest BCUT2D eigenvalue weighted by Gasteiger charge is -2.08. The fraction of sp³-hybridized carbons (Fsp3) is 0.231. The number of rotatable bonds is 3. The molecule has 2 heteroatoms. The van der Waals surface area contributed by atoms with Crippen LogP contribution in [0, 0.1) is 0 Å². The molecule has 0 saturated heterocycles. The van der Waals surface area contributed by atoms with Crippen LogP contribution in [0.5, 0.6) is 0 Å². The fourth-order valence-corrected chi connectivity index (χ4v) is 1.67. The Morgan fingerprint density at radius 1 is 1.40 bits per heavy atom. The Balaban J connectivity index is 2.42. The van der Waals surface area contributed by atoms with Gasteiger partial charge in [0.05, 0.1) is 5.52 Å². The Bertz CT molecular complexity index is 479. The number of pyridine rings is 1. The first-order chi connectivity index (χ1) is 7.31. The second-order valence-corrected chi connectivity index (χ2v) is 3.76. The molecule has 0 N–H and O–H groups in total. The van der Waals surface area contributed by atoms with Crippen molar-refractivity contribution in [3.63, 3.8) is 0 Å². The number of carbonyl (C=O) groups is 1. The summed E-state index contributed by atoms with van der Waals surface area (Å²) in [5, 5.41) is 1.14. The van der Waals surface area contributed by atoms with Crippen molar-refractivity contribution in [3.8, 4) is 0 Å². The van der Waals surface area contributed by atoms with Gasteiger partial charge >= 0.3 is 0 Å². The van der Waals surface area contributed by atoms with Crippen molar-refractivity contribution in [2.24, 2.45) is 0 Å². The summed E-state index contributed by atoms with van der Waals surface area (Å²) in [6.07, 6.45) is 3.32. The molecule has 0 fully saturated rings. The smallest absolute Gasteiger partial charge is 0.120 e. The molecule has 2 nitrogen and oxygen atoms in total. The molecule has 2 aromatic rings. The first-order valence-corrected chi connectivity index (χ1v) is 5.09. The van der Waals surface area contributed by atoms with E-state index in [1.54, 1.807) is 6.20 Å². The molecule has 2 rings (SSSR count). The molecule has 0 radical (unpaired) electrons. The predicted molar refractivity (Wildman–Crippen MR) is 60.8 cm³/mol. The quantitative estimate of drug-likeness (QED) is 0.711. The van der Waals surface area contributed by atoms with Crippen molar-refractivity contribution in [2.75, 3.05) is 0 Å². The van der Waals surface area contributed by atoms with Gasteiger partial charge in [0.1, 0.15) is 6.29 Å². The number of aldehydes is 1. The molecule has 0 spiro atoms. The predicted octanol–water partition coefficient (Wildman–Crippen LogP) is 2.93. The number of fused-ring (bicyclic) bond motifs is 1. The van der Waals surface area contributed by atoms with E-state index in [-0.39, 0.29) is 5.92 Å². The van der Waals surface area contributed by atoms with Gasteiger partial charge in [-0.05, 0) is 23.6 Å². The van der Waals surface area contributed by atoms with Gasteiger partial charge in [0.25, 0.3) is 0 Å². The maximum absolute atomic E-state index is 10.4. The number of aromatic nitrogens is 1. The minimum atomic E-state index is 0.272. The largest absolute Gasteiger partial charge is 0.303 e. The van der Waals surface area contributed by atoms with Crippen molar-refractivity contribution in [3.05, 3.63) is 42.1 Å². The van der Waals surface area contributed by atoms with Crippen LogP contribution in [0.4, 0.5) is 0 Å². The molecule has 0 saturated carbocycles. The highest BCUT2D eigenvalue weighted by molar-refractivity contribution is 5.79. The van der Waals surface area contributed by atoms with Crippen LogP contribution in [-0.4, -0.2) is 11.3 Å². The summed E-state index contributed by atoms with van der Waals surface area (Å²) in [5.41, 5.74) is 2.17. The molecule has 0 aliphatic rings. The van der Waals surface area contributed by atoms with Gasteiger partial charge in [0.15, 0.2) is 0 Å². The molecule has 0 bridgehead atoms. The van der Waals surface area contributed by atoms with Gasteiger partial charge in [-0.25, -0.2) is 0 Å². The number of nitrogens with zero attached hydrogens (tertiary/aromatic N) is 1. The summed E-state index contributed by atoms with van der Waals surface area (Å²) in [4.78, 5) is 14.7. The van der Waals surface area contributed by atoms with Gasteiger partial charge in [0, 0.05) is 18.0 Å². The van der Waals surface area contributed by atoms with Crippen LogP contribution >= 0.6 is 0 Å². The molecule has 0 aliphatic carbocycles. The zero-order valence-corrected chi connectivity index (χ0v) is 8.68. The number of carbonyl (C=O) groups excluding carboxylic acids is 1. The van der Waals surface area contributed by atoms with E-state index in [2.05, 4.69) is 30.1 Å². The highest BCUT2D eigenvalue weighted by Crippen LogP contribution is 2.21. The van der Waals surface area contributed by atoms with Crippen molar-refractivity contribution >= 4 is 17.2 Å². The molecule has 1 atom stereocenters. The van der Waals surface area contributed by atoms with Gasteiger partial charge in [-0.2, -0.15) is 0 Å². The number of hydrogen-bond acceptors (Lipinski definition) is 2. The van der Waals surface area contributed by atoms with Gasteiger partial charge in [0.2, 0.25) is 0 Å².